The number of hydrogen-bond acceptors (Lipinski definition) is 12. The van der Waals surface area contributed by atoms with E-state index in [1.807, 2.05) is 0 Å². The molecule has 0 radical (unpaired) electrons. The summed E-state index contributed by atoms with van der Waals surface area (Å²) in [6, 6.07) is 4.60. The minimum Gasteiger partial charge on any atom is -0.484 e. The lowest BCUT2D eigenvalue weighted by atomic mass is 9.63. The van der Waals surface area contributed by atoms with E-state index in [1.54, 1.807) is 24.0 Å². The van der Waals surface area contributed by atoms with Crippen molar-refractivity contribution in [2.45, 2.75) is 75.8 Å². The number of thiophene rings is 1. The number of hydrogen-bond donors (Lipinski definition) is 2. The first-order valence-electron chi connectivity index (χ1n) is 16.5. The smallest absolute Gasteiger partial charge is 0.271 e. The summed E-state index contributed by atoms with van der Waals surface area (Å²) in [4.78, 5) is 28.6. The summed E-state index contributed by atoms with van der Waals surface area (Å²) in [5.74, 6) is 2.57. The fraction of sp³-hybridized carbons (Fsp3) is 0.515. The molecule has 0 saturated carbocycles. The SMILES string of the molecule is CNC(=O)c1ccn(-c2nc(-c3noc4c3CCCC43CCCc4sc(N)c(C#N)c43)nc3c2OCCN3C(C)C2CCCN2C)n1. The summed E-state index contributed by atoms with van der Waals surface area (Å²) >= 11 is 1.53. The molecule has 3 N–H and O–H groups in total. The summed E-state index contributed by atoms with van der Waals surface area (Å²) in [6.45, 7) is 4.47. The number of anilines is 2. The van der Waals surface area contributed by atoms with Crippen molar-refractivity contribution in [3.63, 3.8) is 0 Å². The molecule has 3 atom stereocenters. The van der Waals surface area contributed by atoms with E-state index >= 15 is 0 Å². The lowest BCUT2D eigenvalue weighted by Crippen LogP contribution is -2.50. The van der Waals surface area contributed by atoms with Gasteiger partial charge in [-0.3, -0.25) is 4.79 Å². The molecular formula is C33H38N10O3S. The third kappa shape index (κ3) is 4.54. The van der Waals surface area contributed by atoms with Crippen LogP contribution in [0.4, 0.5) is 10.8 Å². The molecular weight excluding hydrogens is 616 g/mol. The Kier molecular flexibility index (Phi) is 7.21. The van der Waals surface area contributed by atoms with Crippen molar-refractivity contribution in [3.05, 3.63) is 45.3 Å². The molecule has 4 aliphatic rings. The average Bonchev–Trinajstić information content (AvgIpc) is 3.89. The Morgan fingerprint density at radius 3 is 2.79 bits per heavy atom. The van der Waals surface area contributed by atoms with Gasteiger partial charge in [0.1, 0.15) is 17.7 Å². The highest BCUT2D eigenvalue weighted by Crippen LogP contribution is 2.55. The summed E-state index contributed by atoms with van der Waals surface area (Å²) in [5.41, 5.74) is 9.35. The molecule has 47 heavy (non-hydrogen) atoms. The first-order valence-corrected chi connectivity index (χ1v) is 17.3. The fourth-order valence-corrected chi connectivity index (χ4v) is 9.58. The van der Waals surface area contributed by atoms with Crippen LogP contribution in [0.2, 0.25) is 0 Å². The summed E-state index contributed by atoms with van der Waals surface area (Å²) in [7, 11) is 3.76. The number of nitrogen functional groups attached to an aromatic ring is 1. The van der Waals surface area contributed by atoms with Crippen LogP contribution in [-0.4, -0.2) is 81.6 Å². The van der Waals surface area contributed by atoms with Crippen molar-refractivity contribution in [2.75, 3.05) is 44.4 Å². The largest absolute Gasteiger partial charge is 0.484 e. The number of fused-ring (bicyclic) bond motifs is 5. The number of nitriles is 1. The molecule has 1 amide bonds. The maximum Gasteiger partial charge on any atom is 0.271 e. The Balaban J connectivity index is 1.29. The van der Waals surface area contributed by atoms with Gasteiger partial charge < -0.3 is 30.1 Å². The van der Waals surface area contributed by atoms with Crippen LogP contribution in [0.5, 0.6) is 5.75 Å². The molecule has 4 aromatic heterocycles. The number of likely N-dealkylation sites (tertiary alicyclic amines) is 1. The van der Waals surface area contributed by atoms with E-state index in [9.17, 15) is 10.1 Å². The summed E-state index contributed by atoms with van der Waals surface area (Å²) < 4.78 is 14.2. The quantitative estimate of drug-likeness (QED) is 0.321. The molecule has 8 rings (SSSR count). The van der Waals surface area contributed by atoms with Gasteiger partial charge in [-0.1, -0.05) is 5.16 Å². The van der Waals surface area contributed by atoms with Crippen LogP contribution in [0.25, 0.3) is 17.3 Å². The molecule has 14 heteroatoms. The molecule has 1 fully saturated rings. The van der Waals surface area contributed by atoms with Gasteiger partial charge in [-0.15, -0.1) is 11.3 Å². The van der Waals surface area contributed by atoms with Gasteiger partial charge in [0, 0.05) is 35.8 Å². The van der Waals surface area contributed by atoms with Gasteiger partial charge in [0.2, 0.25) is 11.6 Å². The van der Waals surface area contributed by atoms with Crippen molar-refractivity contribution in [2.24, 2.45) is 0 Å². The minimum absolute atomic E-state index is 0.170. The monoisotopic (exact) mass is 654 g/mol. The number of amides is 1. The van der Waals surface area contributed by atoms with E-state index in [0.29, 0.717) is 58.7 Å². The molecule has 2 aliphatic heterocycles. The van der Waals surface area contributed by atoms with Gasteiger partial charge in [-0.25, -0.2) is 14.6 Å². The van der Waals surface area contributed by atoms with Gasteiger partial charge >= 0.3 is 0 Å². The Morgan fingerprint density at radius 2 is 2.02 bits per heavy atom. The lowest BCUT2D eigenvalue weighted by Gasteiger charge is -2.40. The molecule has 2 aliphatic carbocycles. The number of rotatable bonds is 5. The van der Waals surface area contributed by atoms with E-state index in [-0.39, 0.29) is 17.6 Å². The Bertz CT molecular complexity index is 1920. The Labute approximate surface area is 276 Å². The number of likely N-dealkylation sites (N-methyl/N-ethyl adjacent to an activating group) is 1. The van der Waals surface area contributed by atoms with Gasteiger partial charge in [-0.05, 0) is 83.5 Å². The van der Waals surface area contributed by atoms with Crippen LogP contribution in [0.15, 0.2) is 16.8 Å². The zero-order valence-corrected chi connectivity index (χ0v) is 27.7. The number of nitrogens with zero attached hydrogens (tertiary/aromatic N) is 8. The van der Waals surface area contributed by atoms with Crippen LogP contribution < -0.4 is 20.7 Å². The predicted molar refractivity (Wildman–Crippen MR) is 176 cm³/mol. The maximum atomic E-state index is 12.4. The summed E-state index contributed by atoms with van der Waals surface area (Å²) in [6.07, 6.45) is 9.29. The van der Waals surface area contributed by atoms with Crippen molar-refractivity contribution in [3.8, 4) is 29.2 Å². The molecule has 6 heterocycles. The number of carbonyl (C=O) groups excluding carboxylic acids is 1. The number of aryl methyl sites for hydroxylation is 1. The maximum absolute atomic E-state index is 12.4. The van der Waals surface area contributed by atoms with E-state index in [4.69, 9.17) is 25.0 Å². The number of nitrogens with two attached hydrogens (primary N) is 1. The molecule has 13 nitrogen and oxygen atoms in total. The highest BCUT2D eigenvalue weighted by molar-refractivity contribution is 7.16. The molecule has 1 spiro atoms. The predicted octanol–water partition coefficient (Wildman–Crippen LogP) is 3.83. The van der Waals surface area contributed by atoms with E-state index in [0.717, 1.165) is 74.8 Å². The average molecular weight is 655 g/mol. The second-order valence-corrected chi connectivity index (χ2v) is 14.2. The van der Waals surface area contributed by atoms with Crippen molar-refractivity contribution in [1.82, 2.24) is 35.1 Å². The normalized spacial score (nSPS) is 22.7. The third-order valence-electron chi connectivity index (χ3n) is 10.6. The summed E-state index contributed by atoms with van der Waals surface area (Å²) in [5, 5.41) is 22.6. The van der Waals surface area contributed by atoms with Gasteiger partial charge in [0.15, 0.2) is 28.8 Å². The second kappa shape index (κ2) is 11.3. The van der Waals surface area contributed by atoms with Crippen molar-refractivity contribution in [1.29, 1.82) is 5.26 Å². The van der Waals surface area contributed by atoms with Crippen molar-refractivity contribution >= 4 is 28.1 Å². The number of nitrogens with one attached hydrogen (secondary N) is 1. The molecule has 3 unspecified atom stereocenters. The fourth-order valence-electron chi connectivity index (χ4n) is 8.42. The topological polar surface area (TPSA) is 164 Å². The van der Waals surface area contributed by atoms with Crippen LogP contribution in [0.3, 0.4) is 0 Å². The molecule has 1 saturated heterocycles. The second-order valence-electron chi connectivity index (χ2n) is 13.1. The van der Waals surface area contributed by atoms with E-state index in [1.165, 1.54) is 16.2 Å². The third-order valence-corrected chi connectivity index (χ3v) is 11.7. The van der Waals surface area contributed by atoms with Crippen LogP contribution in [-0.2, 0) is 18.3 Å². The highest BCUT2D eigenvalue weighted by Gasteiger charge is 2.49. The minimum atomic E-state index is -0.455. The zero-order valence-electron chi connectivity index (χ0n) is 26.9. The van der Waals surface area contributed by atoms with E-state index in [2.05, 4.69) is 45.4 Å². The van der Waals surface area contributed by atoms with Gasteiger partial charge in [0.25, 0.3) is 5.91 Å². The Hall–Kier alpha value is -4.48. The van der Waals surface area contributed by atoms with Crippen molar-refractivity contribution < 1.29 is 14.1 Å². The number of aromatic nitrogens is 5. The van der Waals surface area contributed by atoms with Crippen LogP contribution in [0, 0.1) is 11.3 Å². The molecule has 4 aromatic rings. The number of ether oxygens (including phenoxy) is 1. The Morgan fingerprint density at radius 1 is 1.21 bits per heavy atom. The van der Waals surface area contributed by atoms with Crippen LogP contribution >= 0.6 is 11.3 Å². The zero-order chi connectivity index (χ0) is 32.4. The van der Waals surface area contributed by atoms with E-state index < -0.39 is 5.41 Å². The highest BCUT2D eigenvalue weighted by atomic mass is 32.1. The van der Waals surface area contributed by atoms with Crippen LogP contribution in [0.1, 0.15) is 83.3 Å². The molecule has 0 aromatic carbocycles. The first kappa shape index (κ1) is 29.9. The first-order chi connectivity index (χ1) is 22.8. The van der Waals surface area contributed by atoms with Gasteiger partial charge in [0.05, 0.1) is 17.5 Å². The van der Waals surface area contributed by atoms with Gasteiger partial charge in [-0.2, -0.15) is 10.4 Å². The lowest BCUT2D eigenvalue weighted by molar-refractivity contribution is 0.0957. The molecule has 0 bridgehead atoms. The number of carbonyl (C=O) groups is 1. The molecule has 244 valence electrons. The standard InChI is InChI=1S/C33H38N10O3S/c1-18(22-8-6-13-41(22)3)42-15-16-45-26-30(42)37-29(38-31(26)43-14-10-21(39-43)32(44)36-2)25-19-7-4-11-33(27(19)46-40-25)12-5-9-23-24(33)20(17-34)28(35)47-23/h10,14,18,22H,4-9,11-13,15-16,35H2,1-3H3,(H,36,44).